The van der Waals surface area contributed by atoms with Crippen LogP contribution in [0.5, 0.6) is 5.75 Å². The molecule has 3 rings (SSSR count). The maximum absolute atomic E-state index is 12.1. The summed E-state index contributed by atoms with van der Waals surface area (Å²) < 4.78 is 7.77. The molecule has 6 heteroatoms. The highest BCUT2D eigenvalue weighted by Gasteiger charge is 2.15. The minimum Gasteiger partial charge on any atom is -0.491 e. The maximum Gasteiger partial charge on any atom is 0.244 e. The van der Waals surface area contributed by atoms with Crippen molar-refractivity contribution in [3.8, 4) is 5.75 Å². The van der Waals surface area contributed by atoms with Gasteiger partial charge < -0.3 is 14.6 Å². The van der Waals surface area contributed by atoms with Crippen LogP contribution in [0.4, 0.5) is 0 Å². The van der Waals surface area contributed by atoms with Crippen molar-refractivity contribution in [2.24, 2.45) is 0 Å². The van der Waals surface area contributed by atoms with Gasteiger partial charge in [-0.2, -0.15) is 0 Å². The first-order valence-corrected chi connectivity index (χ1v) is 8.75. The second kappa shape index (κ2) is 7.96. The van der Waals surface area contributed by atoms with E-state index in [9.17, 15) is 4.79 Å². The van der Waals surface area contributed by atoms with Crippen molar-refractivity contribution in [3.05, 3.63) is 47.6 Å². The lowest BCUT2D eigenvalue weighted by atomic mass is 10.2. The van der Waals surface area contributed by atoms with Gasteiger partial charge in [-0.1, -0.05) is 12.1 Å². The van der Waals surface area contributed by atoms with Gasteiger partial charge in [0, 0.05) is 19.0 Å². The maximum atomic E-state index is 12.1. The topological polar surface area (TPSA) is 69.0 Å². The predicted octanol–water partition coefficient (Wildman–Crippen LogP) is 2.73. The van der Waals surface area contributed by atoms with Crippen LogP contribution in [0.1, 0.15) is 43.9 Å². The average molecular weight is 340 g/mol. The fourth-order valence-electron chi connectivity index (χ4n) is 2.86. The molecule has 2 aromatic rings. The Hall–Kier alpha value is -2.63. The van der Waals surface area contributed by atoms with E-state index in [1.165, 1.54) is 6.08 Å². The first-order chi connectivity index (χ1) is 12.1. The summed E-state index contributed by atoms with van der Waals surface area (Å²) in [7, 11) is 0. The van der Waals surface area contributed by atoms with Crippen LogP contribution in [0.15, 0.2) is 30.3 Å². The van der Waals surface area contributed by atoms with E-state index >= 15 is 0 Å². The highest BCUT2D eigenvalue weighted by Crippen LogP contribution is 2.16. The van der Waals surface area contributed by atoms with E-state index in [-0.39, 0.29) is 12.0 Å². The Balaban J connectivity index is 1.55. The van der Waals surface area contributed by atoms with Crippen LogP contribution < -0.4 is 10.1 Å². The lowest BCUT2D eigenvalue weighted by Crippen LogP contribution is -2.24. The fraction of sp³-hybridized carbons (Fsp3) is 0.421. The van der Waals surface area contributed by atoms with Crippen LogP contribution in [0.2, 0.25) is 0 Å². The van der Waals surface area contributed by atoms with Crippen LogP contribution in [0, 0.1) is 0 Å². The van der Waals surface area contributed by atoms with Gasteiger partial charge in [0.05, 0.1) is 12.6 Å². The molecule has 6 nitrogen and oxygen atoms in total. The highest BCUT2D eigenvalue weighted by molar-refractivity contribution is 5.91. The largest absolute Gasteiger partial charge is 0.491 e. The number of aromatic nitrogens is 3. The number of amides is 1. The summed E-state index contributed by atoms with van der Waals surface area (Å²) in [5.41, 5.74) is 0.924. The number of nitrogens with one attached hydrogen (secondary N) is 1. The van der Waals surface area contributed by atoms with Gasteiger partial charge in [0.1, 0.15) is 11.6 Å². The van der Waals surface area contributed by atoms with Crippen LogP contribution in [0.3, 0.4) is 0 Å². The van der Waals surface area contributed by atoms with E-state index in [4.69, 9.17) is 4.74 Å². The van der Waals surface area contributed by atoms with Crippen LogP contribution in [0.25, 0.3) is 6.08 Å². The molecule has 0 aliphatic carbocycles. The summed E-state index contributed by atoms with van der Waals surface area (Å²) in [6, 6.07) is 7.67. The Labute approximate surface area is 147 Å². The zero-order valence-corrected chi connectivity index (χ0v) is 14.7. The van der Waals surface area contributed by atoms with Crippen LogP contribution >= 0.6 is 0 Å². The Bertz CT molecular complexity index is 765. The van der Waals surface area contributed by atoms with E-state index in [2.05, 4.69) is 20.1 Å². The lowest BCUT2D eigenvalue weighted by molar-refractivity contribution is -0.116. The molecule has 1 aromatic heterocycles. The number of carbonyl (C=O) groups excluding carboxylic acids is 1. The van der Waals surface area contributed by atoms with Gasteiger partial charge >= 0.3 is 0 Å². The van der Waals surface area contributed by atoms with E-state index in [1.807, 2.05) is 38.1 Å². The van der Waals surface area contributed by atoms with Crippen molar-refractivity contribution in [3.63, 3.8) is 0 Å². The summed E-state index contributed by atoms with van der Waals surface area (Å²) >= 11 is 0. The van der Waals surface area contributed by atoms with Crippen molar-refractivity contribution in [2.75, 3.05) is 0 Å². The van der Waals surface area contributed by atoms with E-state index in [0.717, 1.165) is 48.8 Å². The van der Waals surface area contributed by atoms with E-state index in [0.29, 0.717) is 6.54 Å². The van der Waals surface area contributed by atoms with Crippen molar-refractivity contribution >= 4 is 12.0 Å². The average Bonchev–Trinajstić information content (AvgIpc) is 3.01. The number of fused-ring (bicyclic) bond motifs is 1. The number of ether oxygens (including phenoxy) is 1. The Morgan fingerprint density at radius 3 is 3.08 bits per heavy atom. The van der Waals surface area contributed by atoms with Crippen LogP contribution in [-0.4, -0.2) is 26.8 Å². The van der Waals surface area contributed by atoms with Gasteiger partial charge in [-0.3, -0.25) is 4.79 Å². The van der Waals surface area contributed by atoms with Gasteiger partial charge in [0.2, 0.25) is 5.91 Å². The van der Waals surface area contributed by atoms with Gasteiger partial charge in [0.25, 0.3) is 0 Å². The molecule has 2 heterocycles. The molecule has 1 N–H and O–H groups in total. The molecular weight excluding hydrogens is 316 g/mol. The molecule has 0 atom stereocenters. The molecule has 0 radical (unpaired) electrons. The van der Waals surface area contributed by atoms with Gasteiger partial charge in [-0.05, 0) is 50.5 Å². The Morgan fingerprint density at radius 2 is 2.24 bits per heavy atom. The minimum absolute atomic E-state index is 0.122. The number of nitrogens with zero attached hydrogens (tertiary/aromatic N) is 3. The second-order valence-corrected chi connectivity index (χ2v) is 6.43. The number of rotatable bonds is 6. The third kappa shape index (κ3) is 4.68. The normalized spacial score (nSPS) is 13.9. The zero-order valence-electron chi connectivity index (χ0n) is 14.7. The molecule has 1 aliphatic heterocycles. The number of aryl methyl sites for hydroxylation is 1. The number of benzene rings is 1. The number of hydrogen-bond acceptors (Lipinski definition) is 4. The lowest BCUT2D eigenvalue weighted by Gasteiger charge is -2.14. The molecule has 1 aliphatic rings. The Morgan fingerprint density at radius 1 is 1.36 bits per heavy atom. The second-order valence-electron chi connectivity index (χ2n) is 6.43. The predicted molar refractivity (Wildman–Crippen MR) is 96.0 cm³/mol. The molecule has 0 saturated carbocycles. The van der Waals surface area contributed by atoms with Crippen molar-refractivity contribution in [1.29, 1.82) is 0 Å². The summed E-state index contributed by atoms with van der Waals surface area (Å²) in [5.74, 6) is 2.49. The molecule has 132 valence electrons. The van der Waals surface area contributed by atoms with Gasteiger partial charge in [0.15, 0.2) is 5.82 Å². The monoisotopic (exact) mass is 340 g/mol. The first-order valence-electron chi connectivity index (χ1n) is 8.75. The fourth-order valence-corrected chi connectivity index (χ4v) is 2.86. The summed E-state index contributed by atoms with van der Waals surface area (Å²) in [4.78, 5) is 12.1. The van der Waals surface area contributed by atoms with Crippen LogP contribution in [-0.2, 0) is 24.3 Å². The molecule has 25 heavy (non-hydrogen) atoms. The smallest absolute Gasteiger partial charge is 0.244 e. The molecule has 0 fully saturated rings. The van der Waals surface area contributed by atoms with Gasteiger partial charge in [-0.15, -0.1) is 10.2 Å². The highest BCUT2D eigenvalue weighted by atomic mass is 16.5. The SMILES string of the molecule is CC(C)Oc1cccc(/C=C\C(=O)NCc2nnc3n2CCCC3)c1. The summed E-state index contributed by atoms with van der Waals surface area (Å²) in [6.45, 7) is 5.30. The number of carbonyl (C=O) groups is 1. The van der Waals surface area contributed by atoms with E-state index in [1.54, 1.807) is 6.08 Å². The molecule has 0 saturated heterocycles. The molecule has 0 bridgehead atoms. The Kier molecular flexibility index (Phi) is 5.48. The first kappa shape index (κ1) is 17.2. The summed E-state index contributed by atoms with van der Waals surface area (Å²) in [6.07, 6.45) is 6.70. The van der Waals surface area contributed by atoms with Gasteiger partial charge in [-0.25, -0.2) is 0 Å². The quantitative estimate of drug-likeness (QED) is 0.821. The summed E-state index contributed by atoms with van der Waals surface area (Å²) in [5, 5.41) is 11.2. The molecule has 1 amide bonds. The minimum atomic E-state index is -0.150. The molecule has 0 unspecified atom stereocenters. The zero-order chi connectivity index (χ0) is 17.6. The molecular formula is C19H24N4O2. The van der Waals surface area contributed by atoms with Crippen molar-refractivity contribution in [2.45, 2.75) is 52.3 Å². The third-order valence-corrected chi connectivity index (χ3v) is 4.01. The third-order valence-electron chi connectivity index (χ3n) is 4.01. The number of hydrogen-bond donors (Lipinski definition) is 1. The molecule has 0 spiro atoms. The standard InChI is InChI=1S/C19H24N4O2/c1-14(2)25-16-7-5-6-15(12-16)9-10-19(24)20-13-18-22-21-17-8-3-4-11-23(17)18/h5-7,9-10,12,14H,3-4,8,11,13H2,1-2H3,(H,20,24)/b10-9-. The van der Waals surface area contributed by atoms with Crippen molar-refractivity contribution < 1.29 is 9.53 Å². The molecule has 1 aromatic carbocycles. The van der Waals surface area contributed by atoms with E-state index < -0.39 is 0 Å². The van der Waals surface area contributed by atoms with Crippen molar-refractivity contribution in [1.82, 2.24) is 20.1 Å².